The minimum Gasteiger partial charge on any atom is -0.355 e. The fourth-order valence-electron chi connectivity index (χ4n) is 4.12. The molecule has 0 radical (unpaired) electrons. The number of imide groups is 1. The average molecular weight is 385 g/mol. The highest BCUT2D eigenvalue weighted by atomic mass is 16.2. The molecule has 3 rings (SSSR count). The standard InChI is InChI=1S/C21H27N3O4/c1-22-19(26)15-9-7-14(8-10-15)13-23(2)18(25)11-12-24-20(27)16-5-3-4-6-17(16)21(24)28/h7-10,16-17H,3-6,11-13H2,1-2H3,(H,22,26)/t16-,17+. The van der Waals surface area contributed by atoms with Crippen molar-refractivity contribution in [2.75, 3.05) is 20.6 Å². The zero-order valence-electron chi connectivity index (χ0n) is 16.4. The summed E-state index contributed by atoms with van der Waals surface area (Å²) in [6, 6.07) is 7.06. The second-order valence-electron chi connectivity index (χ2n) is 7.60. The molecule has 1 aromatic rings. The van der Waals surface area contributed by atoms with Gasteiger partial charge in [-0.2, -0.15) is 0 Å². The predicted molar refractivity (Wildman–Crippen MR) is 103 cm³/mol. The fraction of sp³-hybridized carbons (Fsp3) is 0.524. The summed E-state index contributed by atoms with van der Waals surface area (Å²) in [4.78, 5) is 51.9. The van der Waals surface area contributed by atoms with Crippen molar-refractivity contribution in [2.45, 2.75) is 38.6 Å². The van der Waals surface area contributed by atoms with Crippen LogP contribution in [0.5, 0.6) is 0 Å². The highest BCUT2D eigenvalue weighted by Crippen LogP contribution is 2.37. The molecule has 2 atom stereocenters. The average Bonchev–Trinajstić information content (AvgIpc) is 2.96. The lowest BCUT2D eigenvalue weighted by Crippen LogP contribution is -2.36. The molecule has 1 saturated carbocycles. The second-order valence-corrected chi connectivity index (χ2v) is 7.60. The number of nitrogens with zero attached hydrogens (tertiary/aromatic N) is 2. The maximum absolute atomic E-state index is 12.5. The van der Waals surface area contributed by atoms with Gasteiger partial charge < -0.3 is 10.2 Å². The lowest BCUT2D eigenvalue weighted by Gasteiger charge is -2.20. The van der Waals surface area contributed by atoms with Crippen molar-refractivity contribution in [3.05, 3.63) is 35.4 Å². The van der Waals surface area contributed by atoms with Crippen molar-refractivity contribution in [3.8, 4) is 0 Å². The van der Waals surface area contributed by atoms with Crippen LogP contribution >= 0.6 is 0 Å². The topological polar surface area (TPSA) is 86.8 Å². The van der Waals surface area contributed by atoms with Crippen LogP contribution in [-0.2, 0) is 20.9 Å². The molecule has 28 heavy (non-hydrogen) atoms. The first-order valence-corrected chi connectivity index (χ1v) is 9.82. The van der Waals surface area contributed by atoms with Crippen molar-refractivity contribution in [1.82, 2.24) is 15.1 Å². The predicted octanol–water partition coefficient (Wildman–Crippen LogP) is 1.57. The largest absolute Gasteiger partial charge is 0.355 e. The van der Waals surface area contributed by atoms with E-state index in [9.17, 15) is 19.2 Å². The van der Waals surface area contributed by atoms with Crippen molar-refractivity contribution in [3.63, 3.8) is 0 Å². The molecule has 0 spiro atoms. The number of hydrogen-bond donors (Lipinski definition) is 1. The molecule has 1 aliphatic heterocycles. The highest BCUT2D eigenvalue weighted by Gasteiger charge is 2.47. The van der Waals surface area contributed by atoms with Gasteiger partial charge in [0.15, 0.2) is 0 Å². The Bertz CT molecular complexity index is 750. The third-order valence-electron chi connectivity index (χ3n) is 5.77. The first-order chi connectivity index (χ1) is 13.4. The molecule has 0 bridgehead atoms. The number of nitrogens with one attached hydrogen (secondary N) is 1. The van der Waals surface area contributed by atoms with Crippen molar-refractivity contribution in [2.24, 2.45) is 11.8 Å². The SMILES string of the molecule is CNC(=O)c1ccc(CN(C)C(=O)CCN2C(=O)[C@H]3CCCC[C@H]3C2=O)cc1. The summed E-state index contributed by atoms with van der Waals surface area (Å²) in [5.41, 5.74) is 1.47. The maximum Gasteiger partial charge on any atom is 0.251 e. The zero-order valence-corrected chi connectivity index (χ0v) is 16.4. The number of rotatable bonds is 6. The second kappa shape index (κ2) is 8.54. The number of likely N-dealkylation sites (tertiary alicyclic amines) is 1. The number of hydrogen-bond acceptors (Lipinski definition) is 4. The maximum atomic E-state index is 12.5. The van der Waals surface area contributed by atoms with Gasteiger partial charge >= 0.3 is 0 Å². The van der Waals surface area contributed by atoms with E-state index >= 15 is 0 Å². The van der Waals surface area contributed by atoms with Gasteiger partial charge in [0.05, 0.1) is 11.8 Å². The van der Waals surface area contributed by atoms with Crippen LogP contribution in [0.25, 0.3) is 0 Å². The Balaban J connectivity index is 1.52. The zero-order chi connectivity index (χ0) is 20.3. The molecule has 2 fully saturated rings. The smallest absolute Gasteiger partial charge is 0.251 e. The normalized spacial score (nSPS) is 21.4. The van der Waals surface area contributed by atoms with Gasteiger partial charge in [0.1, 0.15) is 0 Å². The van der Waals surface area contributed by atoms with E-state index in [0.717, 1.165) is 31.2 Å². The molecule has 2 aliphatic rings. The summed E-state index contributed by atoms with van der Waals surface area (Å²) in [5.74, 6) is -0.826. The van der Waals surface area contributed by atoms with Crippen molar-refractivity contribution < 1.29 is 19.2 Å². The third kappa shape index (κ3) is 4.08. The van der Waals surface area contributed by atoms with Gasteiger partial charge in [-0.25, -0.2) is 0 Å². The van der Waals surface area contributed by atoms with Crippen LogP contribution in [0, 0.1) is 11.8 Å². The van der Waals surface area contributed by atoms with Crippen LogP contribution in [0.1, 0.15) is 48.0 Å². The fourth-order valence-corrected chi connectivity index (χ4v) is 4.12. The van der Waals surface area contributed by atoms with Crippen LogP contribution in [-0.4, -0.2) is 54.1 Å². The van der Waals surface area contributed by atoms with Gasteiger partial charge in [-0.15, -0.1) is 0 Å². The minimum absolute atomic E-state index is 0.102. The molecule has 1 saturated heterocycles. The summed E-state index contributed by atoms with van der Waals surface area (Å²) in [5, 5.41) is 2.57. The number of fused-ring (bicyclic) bond motifs is 1. The van der Waals surface area contributed by atoms with Crippen molar-refractivity contribution >= 4 is 23.6 Å². The van der Waals surface area contributed by atoms with Gasteiger partial charge in [-0.1, -0.05) is 25.0 Å². The Morgan fingerprint density at radius 2 is 1.64 bits per heavy atom. The minimum atomic E-state index is -0.173. The molecule has 1 aromatic carbocycles. The summed E-state index contributed by atoms with van der Waals surface area (Å²) < 4.78 is 0. The molecular formula is C21H27N3O4. The Kier molecular flexibility index (Phi) is 6.11. The quantitative estimate of drug-likeness (QED) is 0.753. The highest BCUT2D eigenvalue weighted by molar-refractivity contribution is 6.05. The molecule has 1 N–H and O–H groups in total. The van der Waals surface area contributed by atoms with Crippen LogP contribution in [0.4, 0.5) is 0 Å². The van der Waals surface area contributed by atoms with E-state index in [4.69, 9.17) is 0 Å². The Labute approximate surface area is 165 Å². The molecule has 1 aliphatic carbocycles. The molecule has 4 amide bonds. The summed E-state index contributed by atoms with van der Waals surface area (Å²) in [6.45, 7) is 0.559. The van der Waals surface area contributed by atoms with Gasteiger partial charge in [-0.3, -0.25) is 24.1 Å². The first-order valence-electron chi connectivity index (χ1n) is 9.82. The van der Waals surface area contributed by atoms with Crippen LogP contribution in [0.2, 0.25) is 0 Å². The van der Waals surface area contributed by atoms with E-state index in [1.165, 1.54) is 4.90 Å². The summed E-state index contributed by atoms with van der Waals surface area (Å²) >= 11 is 0. The van der Waals surface area contributed by atoms with E-state index in [1.54, 1.807) is 31.1 Å². The van der Waals surface area contributed by atoms with Crippen LogP contribution < -0.4 is 5.32 Å². The van der Waals surface area contributed by atoms with Gasteiger partial charge in [0.2, 0.25) is 17.7 Å². The monoisotopic (exact) mass is 385 g/mol. The summed E-state index contributed by atoms with van der Waals surface area (Å²) in [7, 11) is 3.27. The Morgan fingerprint density at radius 3 is 2.18 bits per heavy atom. The van der Waals surface area contributed by atoms with Crippen LogP contribution in [0.15, 0.2) is 24.3 Å². The molecule has 0 aromatic heterocycles. The van der Waals surface area contributed by atoms with E-state index in [2.05, 4.69) is 5.32 Å². The number of amides is 4. The third-order valence-corrected chi connectivity index (χ3v) is 5.77. The van der Waals surface area contributed by atoms with Gasteiger partial charge in [-0.05, 0) is 30.5 Å². The van der Waals surface area contributed by atoms with Gasteiger partial charge in [0.25, 0.3) is 5.91 Å². The Hall–Kier alpha value is -2.70. The van der Waals surface area contributed by atoms with Gasteiger partial charge in [0, 0.05) is 39.2 Å². The van der Waals surface area contributed by atoms with E-state index in [1.807, 2.05) is 12.1 Å². The molecule has 1 heterocycles. The molecule has 7 nitrogen and oxygen atoms in total. The number of benzene rings is 1. The first kappa shape index (κ1) is 20.0. The van der Waals surface area contributed by atoms with E-state index in [-0.39, 0.29) is 48.4 Å². The van der Waals surface area contributed by atoms with E-state index < -0.39 is 0 Å². The summed E-state index contributed by atoms with van der Waals surface area (Å²) in [6.07, 6.45) is 3.68. The molecule has 150 valence electrons. The van der Waals surface area contributed by atoms with Crippen LogP contribution in [0.3, 0.4) is 0 Å². The molecule has 7 heteroatoms. The molecule has 0 unspecified atom stereocenters. The Morgan fingerprint density at radius 1 is 1.07 bits per heavy atom. The lowest BCUT2D eigenvalue weighted by atomic mass is 9.81. The number of carbonyl (C=O) groups excluding carboxylic acids is 4. The van der Waals surface area contributed by atoms with Crippen molar-refractivity contribution in [1.29, 1.82) is 0 Å². The number of carbonyl (C=O) groups is 4. The lowest BCUT2D eigenvalue weighted by molar-refractivity contribution is -0.140. The van der Waals surface area contributed by atoms with E-state index in [0.29, 0.717) is 12.1 Å². The molecular weight excluding hydrogens is 358 g/mol.